The number of nitrogens with two attached hydrogens (primary N) is 1. The van der Waals surface area contributed by atoms with Gasteiger partial charge in [-0.1, -0.05) is 18.3 Å². The number of hydrogen-bond acceptors (Lipinski definition) is 3. The van der Waals surface area contributed by atoms with Crippen LogP contribution in [0, 0.1) is 5.82 Å². The van der Waals surface area contributed by atoms with Crippen molar-refractivity contribution in [3.05, 3.63) is 35.1 Å². The maximum atomic E-state index is 13.6. The molecule has 1 saturated carbocycles. The van der Waals surface area contributed by atoms with Crippen LogP contribution in [0.5, 0.6) is 0 Å². The normalized spacial score (nSPS) is 17.0. The molecule has 21 heavy (non-hydrogen) atoms. The zero-order valence-corrected chi connectivity index (χ0v) is 13.8. The minimum Gasteiger partial charge on any atom is -0.389 e. The highest BCUT2D eigenvalue weighted by molar-refractivity contribution is 7.80. The SMILES string of the molecule is CN(Cc1ccc(F)c(C(N)=S)c1)CC1(N(C)C)CCC1. The predicted octanol–water partition coefficient (Wildman–Crippen LogP) is 2.38. The largest absolute Gasteiger partial charge is 0.389 e. The van der Waals surface area contributed by atoms with Crippen molar-refractivity contribution in [3.63, 3.8) is 0 Å². The number of likely N-dealkylation sites (N-methyl/N-ethyl adjacent to an activating group) is 2. The molecule has 5 heteroatoms. The first-order valence-electron chi connectivity index (χ1n) is 7.28. The van der Waals surface area contributed by atoms with Crippen molar-refractivity contribution in [2.75, 3.05) is 27.7 Å². The monoisotopic (exact) mass is 309 g/mol. The molecule has 0 heterocycles. The molecular formula is C16H24FN3S. The Morgan fingerprint density at radius 1 is 1.33 bits per heavy atom. The van der Waals surface area contributed by atoms with Crippen LogP contribution in [0.1, 0.15) is 30.4 Å². The Hall–Kier alpha value is -1.04. The molecule has 116 valence electrons. The zero-order chi connectivity index (χ0) is 15.6. The molecule has 2 rings (SSSR count). The van der Waals surface area contributed by atoms with Gasteiger partial charge in [0.15, 0.2) is 0 Å². The van der Waals surface area contributed by atoms with Crippen LogP contribution >= 0.6 is 12.2 Å². The number of benzene rings is 1. The van der Waals surface area contributed by atoms with Crippen LogP contribution in [0.4, 0.5) is 4.39 Å². The summed E-state index contributed by atoms with van der Waals surface area (Å²) in [5.74, 6) is -0.349. The van der Waals surface area contributed by atoms with Gasteiger partial charge in [0.25, 0.3) is 0 Å². The van der Waals surface area contributed by atoms with Crippen molar-refractivity contribution in [1.82, 2.24) is 9.80 Å². The standard InChI is InChI=1S/C16H24FN3S/c1-19(2)16(7-4-8-16)11-20(3)10-12-5-6-14(17)13(9-12)15(18)21/h5-6,9H,4,7-8,10-11H2,1-3H3,(H2,18,21). The number of hydrogen-bond donors (Lipinski definition) is 1. The van der Waals surface area contributed by atoms with E-state index in [1.807, 2.05) is 0 Å². The van der Waals surface area contributed by atoms with E-state index in [0.29, 0.717) is 11.1 Å². The van der Waals surface area contributed by atoms with Crippen LogP contribution < -0.4 is 5.73 Å². The highest BCUT2D eigenvalue weighted by Crippen LogP contribution is 2.36. The van der Waals surface area contributed by atoms with Crippen molar-refractivity contribution in [2.45, 2.75) is 31.3 Å². The summed E-state index contributed by atoms with van der Waals surface area (Å²) in [5, 5.41) is 0. The maximum Gasteiger partial charge on any atom is 0.133 e. The van der Waals surface area contributed by atoms with Crippen LogP contribution in [-0.2, 0) is 6.54 Å². The molecule has 3 nitrogen and oxygen atoms in total. The summed E-state index contributed by atoms with van der Waals surface area (Å²) in [6.07, 6.45) is 3.78. The second-order valence-electron chi connectivity index (χ2n) is 6.32. The molecule has 1 aromatic carbocycles. The highest BCUT2D eigenvalue weighted by Gasteiger charge is 2.39. The van der Waals surface area contributed by atoms with E-state index in [9.17, 15) is 4.39 Å². The van der Waals surface area contributed by atoms with Gasteiger partial charge in [0.05, 0.1) is 0 Å². The second kappa shape index (κ2) is 6.38. The molecule has 0 bridgehead atoms. The van der Waals surface area contributed by atoms with Crippen molar-refractivity contribution in [3.8, 4) is 0 Å². The van der Waals surface area contributed by atoms with Gasteiger partial charge in [-0.05, 0) is 58.1 Å². The highest BCUT2D eigenvalue weighted by atomic mass is 32.1. The van der Waals surface area contributed by atoms with Gasteiger partial charge < -0.3 is 15.5 Å². The van der Waals surface area contributed by atoms with Crippen molar-refractivity contribution in [2.24, 2.45) is 5.73 Å². The average Bonchev–Trinajstić information content (AvgIpc) is 2.35. The van der Waals surface area contributed by atoms with E-state index in [2.05, 4.69) is 30.9 Å². The van der Waals surface area contributed by atoms with Gasteiger partial charge in [0.2, 0.25) is 0 Å². The molecule has 1 aliphatic rings. The van der Waals surface area contributed by atoms with Gasteiger partial charge in [-0.2, -0.15) is 0 Å². The van der Waals surface area contributed by atoms with E-state index in [1.54, 1.807) is 12.1 Å². The molecular weight excluding hydrogens is 285 g/mol. The van der Waals surface area contributed by atoms with Gasteiger partial charge in [0.1, 0.15) is 10.8 Å². The first-order valence-corrected chi connectivity index (χ1v) is 7.69. The zero-order valence-electron chi connectivity index (χ0n) is 13.0. The lowest BCUT2D eigenvalue weighted by molar-refractivity contribution is 0.0259. The van der Waals surface area contributed by atoms with Crippen LogP contribution in [0.25, 0.3) is 0 Å². The Bertz CT molecular complexity index is 526. The fourth-order valence-electron chi connectivity index (χ4n) is 3.06. The third-order valence-electron chi connectivity index (χ3n) is 4.55. The van der Waals surface area contributed by atoms with E-state index in [1.165, 1.54) is 25.3 Å². The minimum absolute atomic E-state index is 0.112. The molecule has 0 radical (unpaired) electrons. The van der Waals surface area contributed by atoms with Gasteiger partial charge >= 0.3 is 0 Å². The maximum absolute atomic E-state index is 13.6. The van der Waals surface area contributed by atoms with E-state index < -0.39 is 0 Å². The van der Waals surface area contributed by atoms with E-state index >= 15 is 0 Å². The molecule has 0 saturated heterocycles. The van der Waals surface area contributed by atoms with E-state index in [-0.39, 0.29) is 10.8 Å². The lowest BCUT2D eigenvalue weighted by atomic mass is 9.75. The second-order valence-corrected chi connectivity index (χ2v) is 6.76. The smallest absolute Gasteiger partial charge is 0.133 e. The summed E-state index contributed by atoms with van der Waals surface area (Å²) in [5.41, 5.74) is 7.22. The van der Waals surface area contributed by atoms with Crippen molar-refractivity contribution in [1.29, 1.82) is 0 Å². The summed E-state index contributed by atoms with van der Waals surface area (Å²) in [7, 11) is 6.40. The van der Waals surface area contributed by atoms with Gasteiger partial charge in [-0.15, -0.1) is 0 Å². The van der Waals surface area contributed by atoms with Gasteiger partial charge in [-0.3, -0.25) is 0 Å². The quantitative estimate of drug-likeness (QED) is 0.818. The minimum atomic E-state index is -0.349. The Morgan fingerprint density at radius 3 is 2.48 bits per heavy atom. The molecule has 1 fully saturated rings. The summed E-state index contributed by atoms with van der Waals surface area (Å²) < 4.78 is 13.6. The predicted molar refractivity (Wildman–Crippen MR) is 88.9 cm³/mol. The third-order valence-corrected chi connectivity index (χ3v) is 4.77. The lowest BCUT2D eigenvalue weighted by Crippen LogP contribution is -2.56. The summed E-state index contributed by atoms with van der Waals surface area (Å²) in [4.78, 5) is 4.73. The fourth-order valence-corrected chi connectivity index (χ4v) is 3.22. The Morgan fingerprint density at radius 2 is 2.00 bits per heavy atom. The van der Waals surface area contributed by atoms with Crippen LogP contribution in [0.2, 0.25) is 0 Å². The molecule has 0 atom stereocenters. The van der Waals surface area contributed by atoms with Crippen LogP contribution in [0.3, 0.4) is 0 Å². The molecule has 0 unspecified atom stereocenters. The Balaban J connectivity index is 2.04. The summed E-state index contributed by atoms with van der Waals surface area (Å²) >= 11 is 4.89. The van der Waals surface area contributed by atoms with Crippen molar-refractivity contribution < 1.29 is 4.39 Å². The molecule has 0 aromatic heterocycles. The molecule has 0 aliphatic heterocycles. The number of halogens is 1. The van der Waals surface area contributed by atoms with Crippen LogP contribution in [-0.4, -0.2) is 48.0 Å². The fraction of sp³-hybridized carbons (Fsp3) is 0.562. The average molecular weight is 309 g/mol. The first-order chi connectivity index (χ1) is 9.84. The molecule has 2 N–H and O–H groups in total. The van der Waals surface area contributed by atoms with Crippen molar-refractivity contribution >= 4 is 17.2 Å². The number of thiocarbonyl (C=S) groups is 1. The van der Waals surface area contributed by atoms with Crippen LogP contribution in [0.15, 0.2) is 18.2 Å². The van der Waals surface area contributed by atoms with E-state index in [0.717, 1.165) is 18.7 Å². The Kier molecular flexibility index (Phi) is 4.96. The van der Waals surface area contributed by atoms with Gasteiger partial charge in [-0.25, -0.2) is 4.39 Å². The Labute approximate surface area is 131 Å². The van der Waals surface area contributed by atoms with E-state index in [4.69, 9.17) is 18.0 Å². The van der Waals surface area contributed by atoms with Gasteiger partial charge in [0, 0.05) is 24.2 Å². The number of nitrogens with zero attached hydrogens (tertiary/aromatic N) is 2. The third kappa shape index (κ3) is 3.59. The number of rotatable bonds is 6. The first kappa shape index (κ1) is 16.3. The summed E-state index contributed by atoms with van der Waals surface area (Å²) in [6, 6.07) is 5.01. The molecule has 0 spiro atoms. The summed E-state index contributed by atoms with van der Waals surface area (Å²) in [6.45, 7) is 1.78. The molecule has 1 aliphatic carbocycles. The lowest BCUT2D eigenvalue weighted by Gasteiger charge is -2.49. The molecule has 1 aromatic rings. The molecule has 0 amide bonds. The topological polar surface area (TPSA) is 32.5 Å².